The molecule has 0 radical (unpaired) electrons. The number of benzene rings is 2. The summed E-state index contributed by atoms with van der Waals surface area (Å²) < 4.78 is 0. The highest BCUT2D eigenvalue weighted by molar-refractivity contribution is 6.04. The van der Waals surface area contributed by atoms with Gasteiger partial charge in [0, 0.05) is 24.3 Å². The third kappa shape index (κ3) is 6.74. The van der Waals surface area contributed by atoms with E-state index in [1.807, 2.05) is 60.7 Å². The fourth-order valence-electron chi connectivity index (χ4n) is 4.30. The molecule has 2 aromatic rings. The van der Waals surface area contributed by atoms with Crippen molar-refractivity contribution in [3.8, 4) is 11.1 Å². The first-order valence-electron chi connectivity index (χ1n) is 11.2. The number of unbranched alkanes of at least 4 members (excludes halogenated alkanes) is 3. The molecule has 0 unspecified atom stereocenters. The monoisotopic (exact) mass is 418 g/mol. The van der Waals surface area contributed by atoms with Gasteiger partial charge < -0.3 is 5.11 Å². The maximum absolute atomic E-state index is 12.6. The van der Waals surface area contributed by atoms with Crippen molar-refractivity contribution in [1.82, 2.24) is 0 Å². The number of hydrogen-bond acceptors (Lipinski definition) is 3. The van der Waals surface area contributed by atoms with Gasteiger partial charge in [-0.3, -0.25) is 14.4 Å². The lowest BCUT2D eigenvalue weighted by Gasteiger charge is -2.14. The fourth-order valence-corrected chi connectivity index (χ4v) is 4.30. The van der Waals surface area contributed by atoms with E-state index in [-0.39, 0.29) is 24.0 Å². The molecule has 0 amide bonds. The third-order valence-electron chi connectivity index (χ3n) is 6.08. The Kier molecular flexibility index (Phi) is 8.34. The third-order valence-corrected chi connectivity index (χ3v) is 6.08. The molecule has 3 rings (SSSR count). The fraction of sp³-hybridized carbons (Fsp3) is 0.370. The molecule has 1 N–H and O–H groups in total. The molecule has 0 aromatic heterocycles. The number of Topliss-reactive ketones (excluding diaryl/α,β-unsaturated/α-hetero) is 1. The van der Waals surface area contributed by atoms with Crippen molar-refractivity contribution in [1.29, 1.82) is 0 Å². The van der Waals surface area contributed by atoms with E-state index in [2.05, 4.69) is 0 Å². The van der Waals surface area contributed by atoms with E-state index < -0.39 is 5.97 Å². The Morgan fingerprint density at radius 3 is 2.29 bits per heavy atom. The second-order valence-corrected chi connectivity index (χ2v) is 8.29. The maximum Gasteiger partial charge on any atom is 0.303 e. The van der Waals surface area contributed by atoms with E-state index in [9.17, 15) is 14.4 Å². The molecule has 1 saturated carbocycles. The molecule has 0 aliphatic heterocycles. The molecule has 0 heterocycles. The average molecular weight is 419 g/mol. The zero-order valence-corrected chi connectivity index (χ0v) is 17.8. The molecule has 4 nitrogen and oxygen atoms in total. The van der Waals surface area contributed by atoms with Crippen LogP contribution in [0.15, 0.2) is 66.7 Å². The Labute approximate surface area is 184 Å². The summed E-state index contributed by atoms with van der Waals surface area (Å²) >= 11 is 0. The summed E-state index contributed by atoms with van der Waals surface area (Å²) in [4.78, 5) is 35.4. The summed E-state index contributed by atoms with van der Waals surface area (Å²) in [5, 5.41) is 8.68. The highest BCUT2D eigenvalue weighted by atomic mass is 16.4. The van der Waals surface area contributed by atoms with Crippen LogP contribution < -0.4 is 0 Å². The summed E-state index contributed by atoms with van der Waals surface area (Å²) in [6, 6.07) is 17.7. The summed E-state index contributed by atoms with van der Waals surface area (Å²) in [5.74, 6) is -0.384. The SMILES string of the molecule is O=C(O)CCCCCC[C@@H]1C(=O)CC[C@H]1C=CC(=O)c1ccc(-c2ccccc2)cc1. The van der Waals surface area contributed by atoms with E-state index in [1.165, 1.54) is 0 Å². The number of carboxylic acids is 1. The minimum absolute atomic E-state index is 0.0102. The number of rotatable bonds is 11. The van der Waals surface area contributed by atoms with Crippen LogP contribution in [0.4, 0.5) is 0 Å². The van der Waals surface area contributed by atoms with Gasteiger partial charge in [0.15, 0.2) is 5.78 Å². The molecule has 2 aromatic carbocycles. The smallest absolute Gasteiger partial charge is 0.303 e. The minimum atomic E-state index is -0.754. The number of ketones is 2. The van der Waals surface area contributed by atoms with Crippen molar-refractivity contribution in [2.45, 2.75) is 51.4 Å². The highest BCUT2D eigenvalue weighted by Gasteiger charge is 2.32. The minimum Gasteiger partial charge on any atom is -0.481 e. The average Bonchev–Trinajstić information content (AvgIpc) is 3.14. The number of carbonyl (C=O) groups excluding carboxylic acids is 2. The van der Waals surface area contributed by atoms with Crippen LogP contribution in [0.5, 0.6) is 0 Å². The van der Waals surface area contributed by atoms with Gasteiger partial charge in [0.1, 0.15) is 5.78 Å². The number of hydrogen-bond donors (Lipinski definition) is 1. The molecule has 31 heavy (non-hydrogen) atoms. The predicted molar refractivity (Wildman–Crippen MR) is 122 cm³/mol. The summed E-state index contributed by atoms with van der Waals surface area (Å²) in [6.45, 7) is 0. The van der Waals surface area contributed by atoms with Gasteiger partial charge in [0.2, 0.25) is 0 Å². The van der Waals surface area contributed by atoms with Crippen molar-refractivity contribution >= 4 is 17.5 Å². The van der Waals surface area contributed by atoms with E-state index in [1.54, 1.807) is 6.08 Å². The van der Waals surface area contributed by atoms with Crippen LogP contribution in [-0.2, 0) is 9.59 Å². The van der Waals surface area contributed by atoms with Gasteiger partial charge in [-0.15, -0.1) is 0 Å². The molecule has 1 aliphatic carbocycles. The Balaban J connectivity index is 1.51. The van der Waals surface area contributed by atoms with Crippen molar-refractivity contribution in [3.05, 3.63) is 72.3 Å². The number of allylic oxidation sites excluding steroid dienone is 2. The van der Waals surface area contributed by atoms with E-state index in [0.29, 0.717) is 24.2 Å². The first-order chi connectivity index (χ1) is 15.0. The van der Waals surface area contributed by atoms with Crippen molar-refractivity contribution < 1.29 is 19.5 Å². The molecule has 4 heteroatoms. The van der Waals surface area contributed by atoms with E-state index in [0.717, 1.165) is 43.2 Å². The quantitative estimate of drug-likeness (QED) is 0.271. The Morgan fingerprint density at radius 1 is 0.903 bits per heavy atom. The van der Waals surface area contributed by atoms with Crippen molar-refractivity contribution in [2.24, 2.45) is 11.8 Å². The number of carbonyl (C=O) groups is 3. The molecule has 162 valence electrons. The Morgan fingerprint density at radius 2 is 1.58 bits per heavy atom. The van der Waals surface area contributed by atoms with Crippen LogP contribution in [0, 0.1) is 11.8 Å². The highest BCUT2D eigenvalue weighted by Crippen LogP contribution is 2.34. The lowest BCUT2D eigenvalue weighted by Crippen LogP contribution is -2.13. The maximum atomic E-state index is 12.6. The van der Waals surface area contributed by atoms with E-state index >= 15 is 0 Å². The van der Waals surface area contributed by atoms with Gasteiger partial charge in [-0.2, -0.15) is 0 Å². The van der Waals surface area contributed by atoms with Gasteiger partial charge in [-0.05, 0) is 42.4 Å². The molecule has 0 saturated heterocycles. The second-order valence-electron chi connectivity index (χ2n) is 8.29. The predicted octanol–water partition coefficient (Wildman–Crippen LogP) is 6.11. The molecule has 1 fully saturated rings. The van der Waals surface area contributed by atoms with Gasteiger partial charge in [-0.25, -0.2) is 0 Å². The molecule has 0 spiro atoms. The number of carboxylic acid groups (broad SMARTS) is 1. The zero-order valence-electron chi connectivity index (χ0n) is 17.8. The van der Waals surface area contributed by atoms with Gasteiger partial charge >= 0.3 is 5.97 Å². The normalized spacial score (nSPS) is 18.5. The first kappa shape index (κ1) is 22.7. The Hall–Kier alpha value is -3.01. The van der Waals surface area contributed by atoms with Crippen LogP contribution in [0.25, 0.3) is 11.1 Å². The molecule has 2 atom stereocenters. The standard InChI is InChI=1S/C27H30O4/c28-25(23-14-12-21(13-15-23)20-8-4-3-5-9-20)18-16-22-17-19-26(29)24(22)10-6-1-2-7-11-27(30)31/h3-5,8-9,12-16,18,22,24H,1-2,6-7,10-11,17,19H2,(H,30,31)/t22-,24+/m1/s1. The van der Waals surface area contributed by atoms with Gasteiger partial charge in [-0.1, -0.05) is 79.9 Å². The topological polar surface area (TPSA) is 71.4 Å². The van der Waals surface area contributed by atoms with Crippen LogP contribution >= 0.6 is 0 Å². The van der Waals surface area contributed by atoms with Crippen LogP contribution in [0.1, 0.15) is 61.7 Å². The molecule has 1 aliphatic rings. The Bertz CT molecular complexity index is 912. The van der Waals surface area contributed by atoms with Crippen LogP contribution in [0.3, 0.4) is 0 Å². The largest absolute Gasteiger partial charge is 0.481 e. The van der Waals surface area contributed by atoms with Gasteiger partial charge in [0.05, 0.1) is 0 Å². The molecular formula is C27H30O4. The summed E-state index contributed by atoms with van der Waals surface area (Å²) in [5.41, 5.74) is 2.84. The second kappa shape index (κ2) is 11.4. The molecule has 0 bridgehead atoms. The van der Waals surface area contributed by atoms with E-state index in [4.69, 9.17) is 5.11 Å². The zero-order chi connectivity index (χ0) is 22.1. The number of aliphatic carboxylic acids is 1. The van der Waals surface area contributed by atoms with Crippen molar-refractivity contribution in [2.75, 3.05) is 0 Å². The van der Waals surface area contributed by atoms with Crippen LogP contribution in [0.2, 0.25) is 0 Å². The lowest BCUT2D eigenvalue weighted by atomic mass is 9.89. The summed E-state index contributed by atoms with van der Waals surface area (Å²) in [7, 11) is 0. The lowest BCUT2D eigenvalue weighted by molar-refractivity contribution is -0.137. The van der Waals surface area contributed by atoms with Gasteiger partial charge in [0.25, 0.3) is 0 Å². The van der Waals surface area contributed by atoms with Crippen LogP contribution in [-0.4, -0.2) is 22.6 Å². The summed E-state index contributed by atoms with van der Waals surface area (Å²) in [6.07, 6.45) is 9.41. The van der Waals surface area contributed by atoms with Crippen molar-refractivity contribution in [3.63, 3.8) is 0 Å². The first-order valence-corrected chi connectivity index (χ1v) is 11.2. The molecular weight excluding hydrogens is 388 g/mol.